The van der Waals surface area contributed by atoms with Crippen LogP contribution in [0, 0.1) is 11.8 Å². The molecule has 0 radical (unpaired) electrons. The van der Waals surface area contributed by atoms with E-state index < -0.39 is 53.3 Å². The van der Waals surface area contributed by atoms with Crippen LogP contribution in [0.15, 0.2) is 24.3 Å². The molecule has 0 bridgehead atoms. The quantitative estimate of drug-likeness (QED) is 0.559. The molecule has 1 aromatic carbocycles. The molecule has 0 unspecified atom stereocenters. The van der Waals surface area contributed by atoms with Crippen molar-refractivity contribution in [2.75, 3.05) is 0 Å². The van der Waals surface area contributed by atoms with Gasteiger partial charge in [-0.1, -0.05) is 38.1 Å². The second-order valence-corrected chi connectivity index (χ2v) is 9.27. The van der Waals surface area contributed by atoms with Crippen molar-refractivity contribution in [1.29, 1.82) is 0 Å². The lowest BCUT2D eigenvalue weighted by molar-refractivity contribution is -0.176. The second-order valence-electron chi connectivity index (χ2n) is 9.27. The van der Waals surface area contributed by atoms with E-state index in [9.17, 15) is 19.5 Å². The molecule has 4 atom stereocenters. The molecule has 1 saturated carbocycles. The first-order valence-electron chi connectivity index (χ1n) is 10.6. The number of Topliss-reactive ketones (excluding diaryl/α,β-unsaturated/α-hetero) is 1. The minimum atomic E-state index is -1.64. The summed E-state index contributed by atoms with van der Waals surface area (Å²) >= 11 is 0. The van der Waals surface area contributed by atoms with Gasteiger partial charge in [-0.05, 0) is 51.7 Å². The average molecular weight is 419 g/mol. The Labute approximate surface area is 179 Å². The molecule has 1 aliphatic rings. The highest BCUT2D eigenvalue weighted by Gasteiger charge is 2.57. The summed E-state index contributed by atoms with van der Waals surface area (Å²) < 4.78 is 10.8. The first-order valence-corrected chi connectivity index (χ1v) is 10.6. The monoisotopic (exact) mass is 418 g/mol. The minimum Gasteiger partial charge on any atom is -0.463 e. The first-order chi connectivity index (χ1) is 13.8. The number of esters is 2. The number of benzene rings is 1. The van der Waals surface area contributed by atoms with Crippen molar-refractivity contribution in [3.8, 4) is 0 Å². The summed E-state index contributed by atoms with van der Waals surface area (Å²) in [6.07, 6.45) is -1.11. The topological polar surface area (TPSA) is 89.9 Å². The molecule has 0 spiro atoms. The van der Waals surface area contributed by atoms with Crippen LogP contribution in [0.2, 0.25) is 0 Å². The van der Waals surface area contributed by atoms with Crippen molar-refractivity contribution in [2.45, 2.75) is 84.5 Å². The molecule has 0 aliphatic heterocycles. The first kappa shape index (κ1) is 24.1. The highest BCUT2D eigenvalue weighted by atomic mass is 16.5. The van der Waals surface area contributed by atoms with Crippen molar-refractivity contribution < 1.29 is 29.0 Å². The van der Waals surface area contributed by atoms with Crippen LogP contribution >= 0.6 is 0 Å². The van der Waals surface area contributed by atoms with E-state index in [1.54, 1.807) is 27.7 Å². The molecule has 2 rings (SSSR count). The van der Waals surface area contributed by atoms with E-state index in [0.29, 0.717) is 11.5 Å². The van der Waals surface area contributed by atoms with Gasteiger partial charge in [0.2, 0.25) is 0 Å². The van der Waals surface area contributed by atoms with Gasteiger partial charge >= 0.3 is 11.9 Å². The average Bonchev–Trinajstić information content (AvgIpc) is 2.58. The maximum Gasteiger partial charge on any atom is 0.317 e. The highest BCUT2D eigenvalue weighted by molar-refractivity contribution is 6.02. The van der Waals surface area contributed by atoms with Crippen LogP contribution in [0.25, 0.3) is 0 Å². The lowest BCUT2D eigenvalue weighted by atomic mass is 9.61. The third-order valence-electron chi connectivity index (χ3n) is 5.47. The number of hydrogen-bond donors (Lipinski definition) is 1. The predicted octanol–water partition coefficient (Wildman–Crippen LogP) is 3.75. The summed E-state index contributed by atoms with van der Waals surface area (Å²) in [5.74, 6) is -4.56. The Hall–Kier alpha value is -2.21. The van der Waals surface area contributed by atoms with Crippen molar-refractivity contribution in [1.82, 2.24) is 0 Å². The largest absolute Gasteiger partial charge is 0.463 e. The highest BCUT2D eigenvalue weighted by Crippen LogP contribution is 2.47. The Morgan fingerprint density at radius 1 is 0.967 bits per heavy atom. The van der Waals surface area contributed by atoms with Crippen molar-refractivity contribution in [3.05, 3.63) is 35.4 Å². The summed E-state index contributed by atoms with van der Waals surface area (Å²) in [6, 6.07) is 7.48. The minimum absolute atomic E-state index is 0.304. The molecule has 30 heavy (non-hydrogen) atoms. The molecule has 1 fully saturated rings. The van der Waals surface area contributed by atoms with Crippen LogP contribution in [0.4, 0.5) is 0 Å². The van der Waals surface area contributed by atoms with Crippen LogP contribution in [0.3, 0.4) is 0 Å². The van der Waals surface area contributed by atoms with Gasteiger partial charge in [0.15, 0.2) is 5.78 Å². The van der Waals surface area contributed by atoms with Crippen LogP contribution in [0.1, 0.15) is 77.8 Å². The normalized spacial score (nSPS) is 26.9. The summed E-state index contributed by atoms with van der Waals surface area (Å²) in [5, 5.41) is 11.1. The van der Waals surface area contributed by atoms with Crippen LogP contribution in [-0.4, -0.2) is 40.6 Å². The molecule has 1 aromatic rings. The molecule has 0 amide bonds. The Morgan fingerprint density at radius 3 is 1.93 bits per heavy atom. The van der Waals surface area contributed by atoms with E-state index in [0.717, 1.165) is 5.56 Å². The number of hydrogen-bond acceptors (Lipinski definition) is 6. The fourth-order valence-electron chi connectivity index (χ4n) is 4.13. The maximum atomic E-state index is 13.0. The second kappa shape index (κ2) is 9.29. The van der Waals surface area contributed by atoms with Crippen molar-refractivity contribution in [2.24, 2.45) is 11.8 Å². The molecular weight excluding hydrogens is 384 g/mol. The number of ketones is 1. The third kappa shape index (κ3) is 5.28. The zero-order chi connectivity index (χ0) is 22.8. The van der Waals surface area contributed by atoms with Gasteiger partial charge in [0.05, 0.1) is 23.7 Å². The fourth-order valence-corrected chi connectivity index (χ4v) is 4.13. The Bertz CT molecular complexity index is 767. The molecule has 1 aliphatic carbocycles. The van der Waals surface area contributed by atoms with Crippen LogP contribution in [0.5, 0.6) is 0 Å². The number of aliphatic hydroxyl groups is 1. The van der Waals surface area contributed by atoms with Crippen molar-refractivity contribution in [3.63, 3.8) is 0 Å². The summed E-state index contributed by atoms with van der Waals surface area (Å²) in [7, 11) is 0. The van der Waals surface area contributed by atoms with Gasteiger partial charge in [0.25, 0.3) is 0 Å². The molecule has 1 N–H and O–H groups in total. The van der Waals surface area contributed by atoms with E-state index >= 15 is 0 Å². The van der Waals surface area contributed by atoms with Crippen LogP contribution < -0.4 is 0 Å². The van der Waals surface area contributed by atoms with Gasteiger partial charge in [-0.3, -0.25) is 14.4 Å². The lowest BCUT2D eigenvalue weighted by Crippen LogP contribution is -2.55. The van der Waals surface area contributed by atoms with Gasteiger partial charge in [0.1, 0.15) is 5.92 Å². The van der Waals surface area contributed by atoms with Gasteiger partial charge < -0.3 is 14.6 Å². The SMILES string of the molecule is CC(C)OC(=O)[C@@H]1C(=O)C[C@](C)(O)[C@@H](C(=O)OC(C)C)[C@H]1c1ccc(C(C)C)cc1. The van der Waals surface area contributed by atoms with E-state index in [1.807, 2.05) is 24.3 Å². The molecule has 166 valence electrons. The summed E-state index contributed by atoms with van der Waals surface area (Å²) in [5.41, 5.74) is 0.0818. The number of carbonyl (C=O) groups is 3. The number of ether oxygens (including phenoxy) is 2. The van der Waals surface area contributed by atoms with E-state index in [2.05, 4.69) is 13.8 Å². The van der Waals surface area contributed by atoms with Gasteiger partial charge in [-0.25, -0.2) is 0 Å². The smallest absolute Gasteiger partial charge is 0.317 e. The van der Waals surface area contributed by atoms with Crippen LogP contribution in [-0.2, 0) is 23.9 Å². The zero-order valence-corrected chi connectivity index (χ0v) is 19.0. The Kier molecular flexibility index (Phi) is 7.45. The van der Waals surface area contributed by atoms with Crippen molar-refractivity contribution >= 4 is 17.7 Å². The van der Waals surface area contributed by atoms with Gasteiger partial charge in [0, 0.05) is 12.3 Å². The fraction of sp³-hybridized carbons (Fsp3) is 0.625. The van der Waals surface area contributed by atoms with E-state index in [1.165, 1.54) is 6.92 Å². The maximum absolute atomic E-state index is 13.0. The lowest BCUT2D eigenvalue weighted by Gasteiger charge is -2.44. The zero-order valence-electron chi connectivity index (χ0n) is 19.0. The van der Waals surface area contributed by atoms with E-state index in [-0.39, 0.29) is 6.42 Å². The molecule has 6 nitrogen and oxygen atoms in total. The predicted molar refractivity (Wildman–Crippen MR) is 113 cm³/mol. The Balaban J connectivity index is 2.61. The number of carbonyl (C=O) groups excluding carboxylic acids is 3. The molecule has 0 saturated heterocycles. The molecule has 0 aromatic heterocycles. The summed E-state index contributed by atoms with van der Waals surface area (Å²) in [4.78, 5) is 38.9. The molecule has 0 heterocycles. The summed E-state index contributed by atoms with van der Waals surface area (Å²) in [6.45, 7) is 12.4. The van der Waals surface area contributed by atoms with Gasteiger partial charge in [-0.15, -0.1) is 0 Å². The molecule has 6 heteroatoms. The molecular formula is C24H34O6. The number of rotatable bonds is 6. The standard InChI is InChI=1S/C24H34O6/c1-13(2)16-8-10-17(11-9-16)19-20(22(26)29-14(3)4)18(25)12-24(7,28)21(19)23(27)30-15(5)6/h8-11,13-15,19-21,28H,12H2,1-7H3/t19-,20+,21+,24-/m0/s1. The van der Waals surface area contributed by atoms with E-state index in [4.69, 9.17) is 9.47 Å². The van der Waals surface area contributed by atoms with Gasteiger partial charge in [-0.2, -0.15) is 0 Å². The third-order valence-corrected chi connectivity index (χ3v) is 5.47. The Morgan fingerprint density at radius 2 is 1.47 bits per heavy atom.